The van der Waals surface area contributed by atoms with Crippen LogP contribution in [0, 0.1) is 5.92 Å². The molecule has 0 saturated heterocycles. The predicted molar refractivity (Wildman–Crippen MR) is 70.0 cm³/mol. The zero-order chi connectivity index (χ0) is 14.3. The van der Waals surface area contributed by atoms with Crippen molar-refractivity contribution in [3.05, 3.63) is 34.2 Å². The summed E-state index contributed by atoms with van der Waals surface area (Å²) in [6.07, 6.45) is 2.84. The summed E-state index contributed by atoms with van der Waals surface area (Å²) in [4.78, 5) is 35.3. The van der Waals surface area contributed by atoms with Crippen LogP contribution < -0.4 is 10.9 Å². The quantitative estimate of drug-likeness (QED) is 0.685. The third kappa shape index (κ3) is 5.85. The Balaban J connectivity index is 2.29. The van der Waals surface area contributed by atoms with E-state index in [2.05, 4.69) is 10.3 Å². The highest BCUT2D eigenvalue weighted by molar-refractivity contribution is 5.93. The Labute approximate surface area is 110 Å². The van der Waals surface area contributed by atoms with E-state index in [9.17, 15) is 14.4 Å². The van der Waals surface area contributed by atoms with E-state index in [1.165, 1.54) is 18.3 Å². The SMILES string of the molecule is CC(CCNC(=O)c1ccc(=O)[nH]c1)CCC(=O)O. The van der Waals surface area contributed by atoms with Gasteiger partial charge in [0.25, 0.3) is 5.91 Å². The maximum atomic E-state index is 11.7. The smallest absolute Gasteiger partial charge is 0.303 e. The number of amides is 1. The lowest BCUT2D eigenvalue weighted by atomic mass is 10.0. The molecule has 6 nitrogen and oxygen atoms in total. The van der Waals surface area contributed by atoms with Crippen LogP contribution in [0.4, 0.5) is 0 Å². The number of aliphatic carboxylic acids is 1. The molecule has 0 aromatic carbocycles. The molecule has 1 atom stereocenters. The molecule has 0 fully saturated rings. The monoisotopic (exact) mass is 266 g/mol. The van der Waals surface area contributed by atoms with Gasteiger partial charge in [0, 0.05) is 25.2 Å². The van der Waals surface area contributed by atoms with E-state index < -0.39 is 5.97 Å². The molecule has 0 aliphatic carbocycles. The minimum absolute atomic E-state index is 0.148. The number of H-pyrrole nitrogens is 1. The molecule has 104 valence electrons. The van der Waals surface area contributed by atoms with Crippen LogP contribution in [0.1, 0.15) is 36.5 Å². The van der Waals surface area contributed by atoms with E-state index in [0.717, 1.165) is 6.42 Å². The number of nitrogens with one attached hydrogen (secondary N) is 2. The summed E-state index contributed by atoms with van der Waals surface area (Å²) < 4.78 is 0. The standard InChI is InChI=1S/C13H18N2O4/c1-9(2-5-12(17)18)6-7-14-13(19)10-3-4-11(16)15-8-10/h3-4,8-9H,2,5-7H2,1H3,(H,14,19)(H,15,16)(H,17,18). The molecular weight excluding hydrogens is 248 g/mol. The maximum absolute atomic E-state index is 11.7. The molecule has 0 saturated carbocycles. The number of carboxylic acid groups (broad SMARTS) is 1. The van der Waals surface area contributed by atoms with Crippen molar-refractivity contribution in [2.24, 2.45) is 5.92 Å². The topological polar surface area (TPSA) is 99.3 Å². The average molecular weight is 266 g/mol. The van der Waals surface area contributed by atoms with Gasteiger partial charge in [-0.2, -0.15) is 0 Å². The van der Waals surface area contributed by atoms with Crippen LogP contribution >= 0.6 is 0 Å². The third-order valence-electron chi connectivity index (χ3n) is 2.82. The van der Waals surface area contributed by atoms with E-state index in [4.69, 9.17) is 5.11 Å². The van der Waals surface area contributed by atoms with Crippen LogP contribution in [-0.4, -0.2) is 28.5 Å². The van der Waals surface area contributed by atoms with Crippen LogP contribution in [-0.2, 0) is 4.79 Å². The summed E-state index contributed by atoms with van der Waals surface area (Å²) in [5, 5.41) is 11.3. The van der Waals surface area contributed by atoms with Gasteiger partial charge in [0.2, 0.25) is 5.56 Å². The zero-order valence-corrected chi connectivity index (χ0v) is 10.8. The van der Waals surface area contributed by atoms with Crippen LogP contribution in [0.3, 0.4) is 0 Å². The molecule has 1 unspecified atom stereocenters. The number of aromatic amines is 1. The van der Waals surface area contributed by atoms with Crippen molar-refractivity contribution in [1.29, 1.82) is 0 Å². The van der Waals surface area contributed by atoms with Gasteiger partial charge >= 0.3 is 5.97 Å². The van der Waals surface area contributed by atoms with Crippen molar-refractivity contribution in [2.45, 2.75) is 26.2 Å². The lowest BCUT2D eigenvalue weighted by molar-refractivity contribution is -0.137. The first-order chi connectivity index (χ1) is 8.99. The van der Waals surface area contributed by atoms with Crippen LogP contribution in [0.2, 0.25) is 0 Å². The highest BCUT2D eigenvalue weighted by atomic mass is 16.4. The Kier molecular flexibility index (Phi) is 5.78. The van der Waals surface area contributed by atoms with E-state index >= 15 is 0 Å². The summed E-state index contributed by atoms with van der Waals surface area (Å²) in [6, 6.07) is 2.76. The number of pyridine rings is 1. The molecule has 0 spiro atoms. The van der Waals surface area contributed by atoms with Crippen LogP contribution in [0.5, 0.6) is 0 Å². The summed E-state index contributed by atoms with van der Waals surface area (Å²) in [7, 11) is 0. The zero-order valence-electron chi connectivity index (χ0n) is 10.8. The molecule has 19 heavy (non-hydrogen) atoms. The van der Waals surface area contributed by atoms with Crippen molar-refractivity contribution in [3.8, 4) is 0 Å². The molecular formula is C13H18N2O4. The summed E-state index contributed by atoms with van der Waals surface area (Å²) in [6.45, 7) is 2.44. The lowest BCUT2D eigenvalue weighted by Gasteiger charge is -2.10. The molecule has 3 N–H and O–H groups in total. The number of aromatic nitrogens is 1. The molecule has 0 aliphatic heterocycles. The Morgan fingerprint density at radius 2 is 2.11 bits per heavy atom. The van der Waals surface area contributed by atoms with E-state index in [1.807, 2.05) is 6.92 Å². The molecule has 1 heterocycles. The maximum Gasteiger partial charge on any atom is 0.303 e. The molecule has 0 bridgehead atoms. The van der Waals surface area contributed by atoms with Crippen molar-refractivity contribution < 1.29 is 14.7 Å². The van der Waals surface area contributed by atoms with E-state index in [-0.39, 0.29) is 23.8 Å². The molecule has 0 radical (unpaired) electrons. The van der Waals surface area contributed by atoms with Crippen LogP contribution in [0.15, 0.2) is 23.1 Å². The van der Waals surface area contributed by atoms with Gasteiger partial charge in [-0.25, -0.2) is 0 Å². The summed E-state index contributed by atoms with van der Waals surface area (Å²) in [5.41, 5.74) is 0.150. The lowest BCUT2D eigenvalue weighted by Crippen LogP contribution is -2.26. The van der Waals surface area contributed by atoms with Gasteiger partial charge in [-0.05, 0) is 24.8 Å². The normalized spacial score (nSPS) is 11.8. The fraction of sp³-hybridized carbons (Fsp3) is 0.462. The predicted octanol–water partition coefficient (Wildman–Crippen LogP) is 0.996. The highest BCUT2D eigenvalue weighted by Crippen LogP contribution is 2.09. The molecule has 1 aromatic heterocycles. The summed E-state index contributed by atoms with van der Waals surface area (Å²) in [5.74, 6) is -0.808. The highest BCUT2D eigenvalue weighted by Gasteiger charge is 2.08. The van der Waals surface area contributed by atoms with Gasteiger partial charge in [0.05, 0.1) is 5.56 Å². The third-order valence-corrected chi connectivity index (χ3v) is 2.82. The Bertz CT molecular complexity index is 475. The molecule has 0 aliphatic rings. The van der Waals surface area contributed by atoms with Gasteiger partial charge in [-0.3, -0.25) is 14.4 Å². The molecule has 1 amide bonds. The van der Waals surface area contributed by atoms with E-state index in [1.54, 1.807) is 0 Å². The fourth-order valence-corrected chi connectivity index (χ4v) is 1.60. The second-order valence-electron chi connectivity index (χ2n) is 4.52. The minimum Gasteiger partial charge on any atom is -0.481 e. The second kappa shape index (κ2) is 7.35. The Morgan fingerprint density at radius 3 is 2.68 bits per heavy atom. The number of carbonyl (C=O) groups is 2. The van der Waals surface area contributed by atoms with Crippen molar-refractivity contribution in [2.75, 3.05) is 6.54 Å². The van der Waals surface area contributed by atoms with Gasteiger partial charge in [-0.1, -0.05) is 6.92 Å². The molecule has 6 heteroatoms. The van der Waals surface area contributed by atoms with Gasteiger partial charge in [0.1, 0.15) is 0 Å². The minimum atomic E-state index is -0.802. The first-order valence-electron chi connectivity index (χ1n) is 6.17. The van der Waals surface area contributed by atoms with Crippen molar-refractivity contribution >= 4 is 11.9 Å². The van der Waals surface area contributed by atoms with Gasteiger partial charge < -0.3 is 15.4 Å². The number of rotatable bonds is 7. The van der Waals surface area contributed by atoms with Crippen LogP contribution in [0.25, 0.3) is 0 Å². The van der Waals surface area contributed by atoms with E-state index in [0.29, 0.717) is 18.5 Å². The number of hydrogen-bond donors (Lipinski definition) is 3. The van der Waals surface area contributed by atoms with Gasteiger partial charge in [-0.15, -0.1) is 0 Å². The average Bonchev–Trinajstić information content (AvgIpc) is 2.37. The summed E-state index contributed by atoms with van der Waals surface area (Å²) >= 11 is 0. The first kappa shape index (κ1) is 14.9. The van der Waals surface area contributed by atoms with Crippen molar-refractivity contribution in [1.82, 2.24) is 10.3 Å². The first-order valence-corrected chi connectivity index (χ1v) is 6.17. The van der Waals surface area contributed by atoms with Crippen molar-refractivity contribution in [3.63, 3.8) is 0 Å². The Hall–Kier alpha value is -2.11. The second-order valence-corrected chi connectivity index (χ2v) is 4.52. The van der Waals surface area contributed by atoms with Gasteiger partial charge in [0.15, 0.2) is 0 Å². The number of carboxylic acids is 1. The molecule has 1 rings (SSSR count). The fourth-order valence-electron chi connectivity index (χ4n) is 1.60. The number of carbonyl (C=O) groups excluding carboxylic acids is 1. The molecule has 1 aromatic rings. The number of hydrogen-bond acceptors (Lipinski definition) is 3. The Morgan fingerprint density at radius 1 is 1.37 bits per heavy atom. The largest absolute Gasteiger partial charge is 0.481 e.